The minimum atomic E-state index is 0.717. The first-order valence-electron chi connectivity index (χ1n) is 4.92. The Labute approximate surface area is 93.8 Å². The predicted octanol–water partition coefficient (Wildman–Crippen LogP) is 3.39. The van der Waals surface area contributed by atoms with Gasteiger partial charge < -0.3 is 5.43 Å². The highest BCUT2D eigenvalue weighted by molar-refractivity contribution is 5.64. The van der Waals surface area contributed by atoms with Gasteiger partial charge in [-0.05, 0) is 24.3 Å². The van der Waals surface area contributed by atoms with Crippen LogP contribution in [-0.4, -0.2) is 0 Å². The molecule has 0 atom stereocenters. The average molecular weight is 212 g/mol. The Bertz CT molecular complexity index is 479. The molecule has 0 unspecified atom stereocenters. The van der Waals surface area contributed by atoms with Crippen molar-refractivity contribution in [1.82, 2.24) is 0 Å². The lowest BCUT2D eigenvalue weighted by Crippen LogP contribution is -2.06. The van der Waals surface area contributed by atoms with Crippen LogP contribution >= 0.6 is 0 Å². The van der Waals surface area contributed by atoms with Gasteiger partial charge in [0.15, 0.2) is 0 Å². The van der Waals surface area contributed by atoms with Crippen LogP contribution in [0.5, 0.6) is 0 Å². The number of nitrogens with one attached hydrogen (secondary N) is 1. The van der Waals surface area contributed by atoms with E-state index in [0.717, 1.165) is 11.4 Å². The Kier molecular flexibility index (Phi) is 3.25. The van der Waals surface area contributed by atoms with Gasteiger partial charge in [-0.3, -0.25) is 5.84 Å². The molecule has 0 fully saturated rings. The largest absolute Gasteiger partial charge is 0.322 e. The first-order chi connectivity index (χ1) is 7.90. The third kappa shape index (κ3) is 2.43. The standard InChI is InChI=1S/C12H12N4/c13-14-11-8-4-5-9-12(11)16-15-10-6-2-1-3-7-10/h1-9,14H,13H2. The van der Waals surface area contributed by atoms with Crippen LogP contribution in [0, 0.1) is 0 Å². The number of benzene rings is 2. The number of azo groups is 1. The van der Waals surface area contributed by atoms with Crippen molar-refractivity contribution in [2.45, 2.75) is 0 Å². The number of hydrazine groups is 1. The molecule has 0 spiro atoms. The lowest BCUT2D eigenvalue weighted by atomic mass is 10.3. The molecule has 0 saturated carbocycles. The summed E-state index contributed by atoms with van der Waals surface area (Å²) in [4.78, 5) is 0. The molecule has 3 N–H and O–H groups in total. The van der Waals surface area contributed by atoms with Gasteiger partial charge in [0, 0.05) is 0 Å². The van der Waals surface area contributed by atoms with Gasteiger partial charge in [0.05, 0.1) is 11.4 Å². The minimum Gasteiger partial charge on any atom is -0.322 e. The van der Waals surface area contributed by atoms with Crippen molar-refractivity contribution in [3.63, 3.8) is 0 Å². The summed E-state index contributed by atoms with van der Waals surface area (Å²) in [7, 11) is 0. The van der Waals surface area contributed by atoms with Gasteiger partial charge in [-0.25, -0.2) is 0 Å². The number of nitrogens with two attached hydrogens (primary N) is 1. The van der Waals surface area contributed by atoms with Gasteiger partial charge >= 0.3 is 0 Å². The van der Waals surface area contributed by atoms with Crippen molar-refractivity contribution >= 4 is 17.1 Å². The van der Waals surface area contributed by atoms with Gasteiger partial charge in [-0.15, -0.1) is 5.11 Å². The molecule has 16 heavy (non-hydrogen) atoms. The molecule has 2 rings (SSSR count). The van der Waals surface area contributed by atoms with Gasteiger partial charge in [-0.2, -0.15) is 5.11 Å². The number of rotatable bonds is 3. The highest BCUT2D eigenvalue weighted by Gasteiger charge is 1.96. The lowest BCUT2D eigenvalue weighted by Gasteiger charge is -2.01. The van der Waals surface area contributed by atoms with Crippen LogP contribution in [-0.2, 0) is 0 Å². The van der Waals surface area contributed by atoms with Crippen molar-refractivity contribution < 1.29 is 0 Å². The molecule has 0 aliphatic heterocycles. The zero-order valence-corrected chi connectivity index (χ0v) is 8.67. The Morgan fingerprint density at radius 3 is 2.25 bits per heavy atom. The third-order valence-electron chi connectivity index (χ3n) is 2.09. The fourth-order valence-corrected chi connectivity index (χ4v) is 1.29. The van der Waals surface area contributed by atoms with Crippen LogP contribution in [0.15, 0.2) is 64.8 Å². The van der Waals surface area contributed by atoms with Crippen molar-refractivity contribution in [3.05, 3.63) is 54.6 Å². The summed E-state index contributed by atoms with van der Waals surface area (Å²) < 4.78 is 0. The maximum atomic E-state index is 5.37. The Morgan fingerprint density at radius 2 is 1.50 bits per heavy atom. The number of hydrogen-bond acceptors (Lipinski definition) is 4. The summed E-state index contributed by atoms with van der Waals surface area (Å²) in [5, 5.41) is 8.24. The summed E-state index contributed by atoms with van der Waals surface area (Å²) in [6, 6.07) is 17.0. The zero-order valence-electron chi connectivity index (χ0n) is 8.67. The minimum absolute atomic E-state index is 0.717. The van der Waals surface area contributed by atoms with Crippen molar-refractivity contribution in [3.8, 4) is 0 Å². The fourth-order valence-electron chi connectivity index (χ4n) is 1.29. The van der Waals surface area contributed by atoms with E-state index < -0.39 is 0 Å². The van der Waals surface area contributed by atoms with Gasteiger partial charge in [0.2, 0.25) is 0 Å². The monoisotopic (exact) mass is 212 g/mol. The van der Waals surface area contributed by atoms with Gasteiger partial charge in [0.1, 0.15) is 5.69 Å². The van der Waals surface area contributed by atoms with E-state index in [1.54, 1.807) is 0 Å². The van der Waals surface area contributed by atoms with Gasteiger partial charge in [-0.1, -0.05) is 30.3 Å². The highest BCUT2D eigenvalue weighted by Crippen LogP contribution is 2.25. The summed E-state index contributed by atoms with van der Waals surface area (Å²) in [6.07, 6.45) is 0. The van der Waals surface area contributed by atoms with E-state index in [1.165, 1.54) is 0 Å². The maximum absolute atomic E-state index is 5.37. The van der Waals surface area contributed by atoms with Crippen molar-refractivity contribution in [2.75, 3.05) is 5.43 Å². The lowest BCUT2D eigenvalue weighted by molar-refractivity contribution is 1.22. The first kappa shape index (κ1) is 10.3. The molecule has 0 amide bonds. The van der Waals surface area contributed by atoms with Crippen LogP contribution in [0.3, 0.4) is 0 Å². The van der Waals surface area contributed by atoms with E-state index in [1.807, 2.05) is 54.6 Å². The van der Waals surface area contributed by atoms with E-state index in [0.29, 0.717) is 5.69 Å². The van der Waals surface area contributed by atoms with Crippen LogP contribution in [0.25, 0.3) is 0 Å². The quantitative estimate of drug-likeness (QED) is 0.465. The molecule has 0 radical (unpaired) electrons. The highest BCUT2D eigenvalue weighted by atomic mass is 15.2. The van der Waals surface area contributed by atoms with Crippen LogP contribution in [0.4, 0.5) is 17.1 Å². The van der Waals surface area contributed by atoms with E-state index in [-0.39, 0.29) is 0 Å². The third-order valence-corrected chi connectivity index (χ3v) is 2.09. The van der Waals surface area contributed by atoms with Crippen LogP contribution in [0.2, 0.25) is 0 Å². The normalized spacial score (nSPS) is 10.6. The molecule has 4 nitrogen and oxygen atoms in total. The number of hydrogen-bond donors (Lipinski definition) is 2. The number of nitrogen functional groups attached to an aromatic ring is 1. The fraction of sp³-hybridized carbons (Fsp3) is 0. The molecule has 2 aromatic carbocycles. The second-order valence-electron chi connectivity index (χ2n) is 3.20. The zero-order chi connectivity index (χ0) is 11.2. The van der Waals surface area contributed by atoms with E-state index in [2.05, 4.69) is 15.7 Å². The molecule has 0 bridgehead atoms. The second kappa shape index (κ2) is 5.04. The Balaban J connectivity index is 2.24. The SMILES string of the molecule is NNc1ccccc1N=Nc1ccccc1. The molecule has 0 heterocycles. The van der Waals surface area contributed by atoms with Crippen LogP contribution < -0.4 is 11.3 Å². The van der Waals surface area contributed by atoms with E-state index >= 15 is 0 Å². The average Bonchev–Trinajstić information content (AvgIpc) is 2.38. The molecular weight excluding hydrogens is 200 g/mol. The number of anilines is 1. The Morgan fingerprint density at radius 1 is 0.812 bits per heavy atom. The summed E-state index contributed by atoms with van der Waals surface area (Å²) in [6.45, 7) is 0. The van der Waals surface area contributed by atoms with Crippen LogP contribution in [0.1, 0.15) is 0 Å². The smallest absolute Gasteiger partial charge is 0.110 e. The number of para-hydroxylation sites is 1. The molecule has 0 aromatic heterocycles. The maximum Gasteiger partial charge on any atom is 0.110 e. The summed E-state index contributed by atoms with van der Waals surface area (Å²) in [5.41, 5.74) is 4.86. The summed E-state index contributed by atoms with van der Waals surface area (Å²) in [5.74, 6) is 5.37. The molecule has 0 aliphatic carbocycles. The van der Waals surface area contributed by atoms with Gasteiger partial charge in [0.25, 0.3) is 0 Å². The summed E-state index contributed by atoms with van der Waals surface area (Å²) >= 11 is 0. The molecule has 4 heteroatoms. The van der Waals surface area contributed by atoms with E-state index in [4.69, 9.17) is 5.84 Å². The molecule has 0 aliphatic rings. The molecule has 0 saturated heterocycles. The number of nitrogens with zero attached hydrogens (tertiary/aromatic N) is 2. The molecular formula is C12H12N4. The van der Waals surface area contributed by atoms with Crippen molar-refractivity contribution in [2.24, 2.45) is 16.1 Å². The Hall–Kier alpha value is -2.20. The molecule has 2 aromatic rings. The first-order valence-corrected chi connectivity index (χ1v) is 4.92. The molecule has 80 valence electrons. The van der Waals surface area contributed by atoms with Crippen molar-refractivity contribution in [1.29, 1.82) is 0 Å². The second-order valence-corrected chi connectivity index (χ2v) is 3.20. The van der Waals surface area contributed by atoms with E-state index in [9.17, 15) is 0 Å². The predicted molar refractivity (Wildman–Crippen MR) is 64.9 cm³/mol. The topological polar surface area (TPSA) is 62.8 Å².